The van der Waals surface area contributed by atoms with E-state index < -0.39 is 0 Å². The van der Waals surface area contributed by atoms with Crippen molar-refractivity contribution in [2.45, 2.75) is 27.2 Å². The lowest BCUT2D eigenvalue weighted by Gasteiger charge is -2.36. The Morgan fingerprint density at radius 2 is 1.26 bits per heavy atom. The number of benzene rings is 3. The lowest BCUT2D eigenvalue weighted by atomic mass is 9.91. The van der Waals surface area contributed by atoms with Crippen LogP contribution in [-0.2, 0) is 0 Å². The molecule has 0 radical (unpaired) electrons. The summed E-state index contributed by atoms with van der Waals surface area (Å²) in [5.41, 5.74) is 7.75. The number of halogens is 1. The minimum absolute atomic E-state index is 0. The standard InChI is InChI=1S/C30H37N2S2.HI/c1-5-32(6-2,7-3)22-15-23-34-30(33-4)29-25-18-11-13-20-27(25)31(24-16-9-8-10-17-24)28-21-14-12-19-26(28)29;/h8-14,16-21H,5-7,15,22-23H2,1-4H3;1H/q+1;/p-1. The number of quaternary nitrogens is 1. The molecule has 0 N–H and O–H groups in total. The second-order valence-corrected chi connectivity index (χ2v) is 11.0. The fourth-order valence-electron chi connectivity index (χ4n) is 5.05. The van der Waals surface area contributed by atoms with Crippen LogP contribution >= 0.6 is 23.5 Å². The van der Waals surface area contributed by atoms with Crippen molar-refractivity contribution in [2.75, 3.05) is 43.1 Å². The molecule has 0 amide bonds. The molecular formula is C30H37IN2S2. The van der Waals surface area contributed by atoms with Crippen LogP contribution in [-0.4, -0.2) is 42.7 Å². The fraction of sp³-hybridized carbons (Fsp3) is 0.333. The van der Waals surface area contributed by atoms with Gasteiger partial charge in [0.15, 0.2) is 0 Å². The summed E-state index contributed by atoms with van der Waals surface area (Å²) >= 11 is 3.93. The lowest BCUT2D eigenvalue weighted by Crippen LogP contribution is -3.00. The number of hydrogen-bond donors (Lipinski definition) is 0. The highest BCUT2D eigenvalue weighted by atomic mass is 127. The number of hydrogen-bond acceptors (Lipinski definition) is 3. The lowest BCUT2D eigenvalue weighted by molar-refractivity contribution is -0.923. The Balaban J connectivity index is 0.00000342. The van der Waals surface area contributed by atoms with Gasteiger partial charge < -0.3 is 33.4 Å². The van der Waals surface area contributed by atoms with Gasteiger partial charge >= 0.3 is 0 Å². The number of para-hydroxylation sites is 3. The molecular weight excluding hydrogens is 579 g/mol. The largest absolute Gasteiger partial charge is 1.00 e. The van der Waals surface area contributed by atoms with Crippen LogP contribution < -0.4 is 28.9 Å². The van der Waals surface area contributed by atoms with Crippen molar-refractivity contribution in [1.29, 1.82) is 0 Å². The molecule has 35 heavy (non-hydrogen) atoms. The molecule has 1 aliphatic heterocycles. The van der Waals surface area contributed by atoms with Crippen LogP contribution in [0.25, 0.3) is 5.57 Å². The van der Waals surface area contributed by atoms with E-state index in [0.717, 1.165) is 5.75 Å². The van der Waals surface area contributed by atoms with Crippen LogP contribution in [0.5, 0.6) is 0 Å². The van der Waals surface area contributed by atoms with Crippen molar-refractivity contribution in [1.82, 2.24) is 0 Å². The first-order valence-electron chi connectivity index (χ1n) is 12.5. The van der Waals surface area contributed by atoms with Gasteiger partial charge in [-0.25, -0.2) is 0 Å². The van der Waals surface area contributed by atoms with Crippen LogP contribution in [0.1, 0.15) is 38.3 Å². The van der Waals surface area contributed by atoms with Gasteiger partial charge in [0.05, 0.1) is 37.6 Å². The SMILES string of the molecule is CC[N+](CC)(CC)CCCSC(SC)=C1c2ccccc2N(c2ccccc2)c2ccccc21.[I-]. The summed E-state index contributed by atoms with van der Waals surface area (Å²) in [6, 6.07) is 28.5. The minimum atomic E-state index is 0. The average molecular weight is 617 g/mol. The Hall–Kier alpha value is -1.41. The Bertz CT molecular complexity index is 1070. The maximum Gasteiger partial charge on any atom is 0.0794 e. The molecule has 186 valence electrons. The predicted octanol–water partition coefficient (Wildman–Crippen LogP) is 5.55. The van der Waals surface area contributed by atoms with Crippen molar-refractivity contribution >= 4 is 46.2 Å². The third-order valence-corrected chi connectivity index (χ3v) is 9.64. The molecule has 0 unspecified atom stereocenters. The molecule has 0 bridgehead atoms. The van der Waals surface area contributed by atoms with Crippen molar-refractivity contribution < 1.29 is 28.5 Å². The monoisotopic (exact) mass is 616 g/mol. The topological polar surface area (TPSA) is 3.24 Å². The van der Waals surface area contributed by atoms with Crippen LogP contribution in [0, 0.1) is 0 Å². The molecule has 4 rings (SSSR count). The van der Waals surface area contributed by atoms with Gasteiger partial charge in [-0.05, 0) is 51.3 Å². The van der Waals surface area contributed by atoms with Gasteiger partial charge in [-0.1, -0.05) is 54.6 Å². The van der Waals surface area contributed by atoms with E-state index in [1.807, 2.05) is 23.5 Å². The van der Waals surface area contributed by atoms with E-state index in [9.17, 15) is 0 Å². The summed E-state index contributed by atoms with van der Waals surface area (Å²) in [5.74, 6) is 1.16. The zero-order valence-corrected chi connectivity index (χ0v) is 25.1. The maximum atomic E-state index is 2.41. The Kier molecular flexibility index (Phi) is 10.6. The van der Waals surface area contributed by atoms with Crippen LogP contribution in [0.15, 0.2) is 83.1 Å². The van der Waals surface area contributed by atoms with Crippen molar-refractivity contribution in [3.63, 3.8) is 0 Å². The molecule has 0 aliphatic carbocycles. The molecule has 5 heteroatoms. The first-order valence-corrected chi connectivity index (χ1v) is 14.7. The maximum absolute atomic E-state index is 2.41. The van der Waals surface area contributed by atoms with E-state index in [-0.39, 0.29) is 24.0 Å². The molecule has 1 aliphatic rings. The van der Waals surface area contributed by atoms with E-state index >= 15 is 0 Å². The van der Waals surface area contributed by atoms with Crippen LogP contribution in [0.4, 0.5) is 17.1 Å². The number of rotatable bonds is 10. The smallest absolute Gasteiger partial charge is 0.0794 e. The quantitative estimate of drug-likeness (QED) is 0.131. The third-order valence-electron chi connectivity index (χ3n) is 7.25. The van der Waals surface area contributed by atoms with E-state index in [1.54, 1.807) is 0 Å². The van der Waals surface area contributed by atoms with Gasteiger partial charge in [0.2, 0.25) is 0 Å². The summed E-state index contributed by atoms with van der Waals surface area (Å²) in [6.07, 6.45) is 3.48. The highest BCUT2D eigenvalue weighted by Gasteiger charge is 2.29. The summed E-state index contributed by atoms with van der Waals surface area (Å²) in [7, 11) is 0. The molecule has 0 aromatic heterocycles. The molecule has 3 aromatic rings. The highest BCUT2D eigenvalue weighted by Crippen LogP contribution is 2.52. The fourth-order valence-corrected chi connectivity index (χ4v) is 7.02. The summed E-state index contributed by atoms with van der Waals surface area (Å²) in [4.78, 5) is 2.41. The molecule has 1 heterocycles. The van der Waals surface area contributed by atoms with Crippen molar-refractivity contribution in [2.24, 2.45) is 0 Å². The first-order chi connectivity index (χ1) is 16.7. The number of nitrogens with zero attached hydrogens (tertiary/aromatic N) is 2. The van der Waals surface area contributed by atoms with Gasteiger partial charge in [-0.3, -0.25) is 0 Å². The summed E-state index contributed by atoms with van der Waals surface area (Å²) < 4.78 is 2.65. The van der Waals surface area contributed by atoms with Crippen molar-refractivity contribution in [3.05, 3.63) is 94.2 Å². The zero-order valence-electron chi connectivity index (χ0n) is 21.3. The van der Waals surface area contributed by atoms with E-state index in [4.69, 9.17) is 0 Å². The molecule has 0 atom stereocenters. The zero-order chi connectivity index (χ0) is 24.0. The Labute approximate surface area is 237 Å². The highest BCUT2D eigenvalue weighted by molar-refractivity contribution is 8.22. The molecule has 0 fully saturated rings. The predicted molar refractivity (Wildman–Crippen MR) is 154 cm³/mol. The molecule has 0 spiro atoms. The Morgan fingerprint density at radius 1 is 0.743 bits per heavy atom. The van der Waals surface area contributed by atoms with Gasteiger partial charge in [-0.2, -0.15) is 0 Å². The van der Waals surface area contributed by atoms with Crippen molar-refractivity contribution in [3.8, 4) is 0 Å². The molecule has 0 saturated carbocycles. The van der Waals surface area contributed by atoms with Crippen LogP contribution in [0.3, 0.4) is 0 Å². The van der Waals surface area contributed by atoms with Crippen LogP contribution in [0.2, 0.25) is 0 Å². The van der Waals surface area contributed by atoms with Gasteiger partial charge in [-0.15, -0.1) is 23.5 Å². The minimum Gasteiger partial charge on any atom is -1.00 e. The van der Waals surface area contributed by atoms with E-state index in [1.165, 1.54) is 75.1 Å². The second kappa shape index (κ2) is 13.2. The molecule has 2 nitrogen and oxygen atoms in total. The summed E-state index contributed by atoms with van der Waals surface area (Å²) in [6.45, 7) is 12.0. The summed E-state index contributed by atoms with van der Waals surface area (Å²) in [5, 5.41) is 0. The Morgan fingerprint density at radius 3 is 1.77 bits per heavy atom. The van der Waals surface area contributed by atoms with Gasteiger partial charge in [0.1, 0.15) is 0 Å². The normalized spacial score (nSPS) is 12.6. The first kappa shape index (κ1) is 28.2. The second-order valence-electron chi connectivity index (χ2n) is 8.79. The van der Waals surface area contributed by atoms with E-state index in [0.29, 0.717) is 0 Å². The molecule has 0 saturated heterocycles. The van der Waals surface area contributed by atoms with Gasteiger partial charge in [0, 0.05) is 38.8 Å². The molecule has 3 aromatic carbocycles. The number of anilines is 3. The van der Waals surface area contributed by atoms with E-state index in [2.05, 4.69) is 111 Å². The third kappa shape index (κ3) is 5.95. The average Bonchev–Trinajstić information content (AvgIpc) is 2.91. The number of thioether (sulfide) groups is 2. The van der Waals surface area contributed by atoms with Gasteiger partial charge in [0.25, 0.3) is 0 Å². The number of fused-ring (bicyclic) bond motifs is 2.